The van der Waals surface area contributed by atoms with Gasteiger partial charge in [0, 0.05) is 24.2 Å². The molecular formula is C15H21NO4. The summed E-state index contributed by atoms with van der Waals surface area (Å²) in [6, 6.07) is 5.06. The van der Waals surface area contributed by atoms with Gasteiger partial charge in [0.2, 0.25) is 5.91 Å². The van der Waals surface area contributed by atoms with Gasteiger partial charge in [-0.3, -0.25) is 9.59 Å². The van der Waals surface area contributed by atoms with Crippen LogP contribution in [0.3, 0.4) is 0 Å². The fourth-order valence-corrected chi connectivity index (χ4v) is 1.99. The summed E-state index contributed by atoms with van der Waals surface area (Å²) in [4.78, 5) is 25.1. The van der Waals surface area contributed by atoms with Crippen molar-refractivity contribution in [3.05, 3.63) is 29.3 Å². The molecule has 0 atom stereocenters. The molecule has 1 N–H and O–H groups in total. The van der Waals surface area contributed by atoms with Crippen molar-refractivity contribution >= 4 is 11.7 Å². The number of carbonyl (C=O) groups excluding carboxylic acids is 2. The summed E-state index contributed by atoms with van der Waals surface area (Å²) in [6.07, 6.45) is 0.151. The molecule has 0 aromatic heterocycles. The standard InChI is InChI=1S/C15H21NO4/c1-4-16(7-8-17)15(19)10-13-9-12(11(2)18)5-6-14(13)20-3/h5-6,9,17H,4,7-8,10H2,1-3H3. The molecule has 0 unspecified atom stereocenters. The number of likely N-dealkylation sites (N-methyl/N-ethyl adjacent to an activating group) is 1. The molecule has 0 saturated carbocycles. The van der Waals surface area contributed by atoms with Crippen molar-refractivity contribution in [2.75, 3.05) is 26.8 Å². The molecule has 0 heterocycles. The first kappa shape index (κ1) is 16.2. The van der Waals surface area contributed by atoms with Gasteiger partial charge in [0.05, 0.1) is 20.1 Å². The van der Waals surface area contributed by atoms with E-state index in [2.05, 4.69) is 0 Å². The minimum atomic E-state index is -0.0967. The SMILES string of the molecule is CCN(CCO)C(=O)Cc1cc(C(C)=O)ccc1OC. The molecule has 110 valence electrons. The molecule has 0 radical (unpaired) electrons. The van der Waals surface area contributed by atoms with Crippen LogP contribution in [0.4, 0.5) is 0 Å². The van der Waals surface area contributed by atoms with Crippen LogP contribution in [0.25, 0.3) is 0 Å². The number of aliphatic hydroxyl groups is 1. The van der Waals surface area contributed by atoms with Crippen LogP contribution >= 0.6 is 0 Å². The van der Waals surface area contributed by atoms with E-state index in [0.717, 1.165) is 0 Å². The van der Waals surface area contributed by atoms with Gasteiger partial charge in [0.25, 0.3) is 0 Å². The Morgan fingerprint density at radius 3 is 2.55 bits per heavy atom. The van der Waals surface area contributed by atoms with Gasteiger partial charge in [-0.25, -0.2) is 0 Å². The number of hydrogen-bond acceptors (Lipinski definition) is 4. The second kappa shape index (κ2) is 7.65. The summed E-state index contributed by atoms with van der Waals surface area (Å²) in [5, 5.41) is 8.94. The molecule has 0 saturated heterocycles. The Morgan fingerprint density at radius 1 is 1.35 bits per heavy atom. The minimum Gasteiger partial charge on any atom is -0.496 e. The number of ketones is 1. The predicted octanol–water partition coefficient (Wildman–Crippen LogP) is 1.28. The second-order valence-corrected chi connectivity index (χ2v) is 4.46. The van der Waals surface area contributed by atoms with Crippen LogP contribution in [-0.2, 0) is 11.2 Å². The van der Waals surface area contributed by atoms with E-state index in [-0.39, 0.29) is 24.7 Å². The zero-order valence-corrected chi connectivity index (χ0v) is 12.2. The maximum absolute atomic E-state index is 12.2. The van der Waals surface area contributed by atoms with Gasteiger partial charge in [-0.05, 0) is 32.0 Å². The number of aliphatic hydroxyl groups excluding tert-OH is 1. The van der Waals surface area contributed by atoms with Gasteiger partial charge in [-0.2, -0.15) is 0 Å². The lowest BCUT2D eigenvalue weighted by Gasteiger charge is -2.20. The number of benzene rings is 1. The number of amides is 1. The van der Waals surface area contributed by atoms with E-state index < -0.39 is 0 Å². The first-order chi connectivity index (χ1) is 9.53. The number of rotatable bonds is 7. The number of ether oxygens (including phenoxy) is 1. The van der Waals surface area contributed by atoms with Crippen molar-refractivity contribution in [1.29, 1.82) is 0 Å². The molecule has 20 heavy (non-hydrogen) atoms. The molecular weight excluding hydrogens is 258 g/mol. The van der Waals surface area contributed by atoms with Gasteiger partial charge >= 0.3 is 0 Å². The van der Waals surface area contributed by atoms with Gasteiger partial charge in [-0.15, -0.1) is 0 Å². The summed E-state index contributed by atoms with van der Waals surface area (Å²) < 4.78 is 5.22. The minimum absolute atomic E-state index is 0.0518. The molecule has 0 aliphatic heterocycles. The van der Waals surface area contributed by atoms with Crippen LogP contribution in [-0.4, -0.2) is 48.5 Å². The molecule has 0 bridgehead atoms. The molecule has 0 aliphatic rings. The largest absolute Gasteiger partial charge is 0.496 e. The van der Waals surface area contributed by atoms with Crippen molar-refractivity contribution in [2.24, 2.45) is 0 Å². The van der Waals surface area contributed by atoms with E-state index in [1.54, 1.807) is 23.1 Å². The Balaban J connectivity index is 2.97. The molecule has 5 nitrogen and oxygen atoms in total. The van der Waals surface area contributed by atoms with Crippen LogP contribution in [0.5, 0.6) is 5.75 Å². The smallest absolute Gasteiger partial charge is 0.227 e. The average molecular weight is 279 g/mol. The summed E-state index contributed by atoms with van der Waals surface area (Å²) in [5.41, 5.74) is 1.24. The van der Waals surface area contributed by atoms with E-state index in [0.29, 0.717) is 30.0 Å². The zero-order chi connectivity index (χ0) is 15.1. The highest BCUT2D eigenvalue weighted by Gasteiger charge is 2.15. The molecule has 1 amide bonds. The fraction of sp³-hybridized carbons (Fsp3) is 0.467. The Kier molecular flexibility index (Phi) is 6.18. The Labute approximate surface area is 119 Å². The van der Waals surface area contributed by atoms with Crippen molar-refractivity contribution in [3.63, 3.8) is 0 Å². The quantitative estimate of drug-likeness (QED) is 0.764. The van der Waals surface area contributed by atoms with Crippen molar-refractivity contribution < 1.29 is 19.4 Å². The molecule has 1 aromatic rings. The maximum atomic E-state index is 12.2. The summed E-state index contributed by atoms with van der Waals surface area (Å²) in [7, 11) is 1.53. The van der Waals surface area contributed by atoms with Crippen LogP contribution < -0.4 is 4.74 Å². The van der Waals surface area contributed by atoms with E-state index in [1.165, 1.54) is 14.0 Å². The van der Waals surface area contributed by atoms with Gasteiger partial charge in [0.15, 0.2) is 5.78 Å². The third-order valence-electron chi connectivity index (χ3n) is 3.13. The molecule has 0 fully saturated rings. The van der Waals surface area contributed by atoms with Crippen LogP contribution in [0.2, 0.25) is 0 Å². The Hall–Kier alpha value is -1.88. The van der Waals surface area contributed by atoms with E-state index >= 15 is 0 Å². The zero-order valence-electron chi connectivity index (χ0n) is 12.2. The highest BCUT2D eigenvalue weighted by molar-refractivity contribution is 5.94. The van der Waals surface area contributed by atoms with E-state index in [4.69, 9.17) is 9.84 Å². The third kappa shape index (κ3) is 4.06. The second-order valence-electron chi connectivity index (χ2n) is 4.46. The lowest BCUT2D eigenvalue weighted by molar-refractivity contribution is -0.130. The number of hydrogen-bond donors (Lipinski definition) is 1. The molecule has 1 aromatic carbocycles. The van der Waals surface area contributed by atoms with Crippen LogP contribution in [0.1, 0.15) is 29.8 Å². The Morgan fingerprint density at radius 2 is 2.05 bits per heavy atom. The summed E-state index contributed by atoms with van der Waals surface area (Å²) in [6.45, 7) is 4.12. The normalized spacial score (nSPS) is 10.2. The van der Waals surface area contributed by atoms with E-state index in [9.17, 15) is 9.59 Å². The van der Waals surface area contributed by atoms with Crippen molar-refractivity contribution in [3.8, 4) is 5.75 Å². The van der Waals surface area contributed by atoms with Gasteiger partial charge in [0.1, 0.15) is 5.75 Å². The van der Waals surface area contributed by atoms with Crippen LogP contribution in [0.15, 0.2) is 18.2 Å². The number of carbonyl (C=O) groups is 2. The van der Waals surface area contributed by atoms with Crippen molar-refractivity contribution in [2.45, 2.75) is 20.3 Å². The lowest BCUT2D eigenvalue weighted by atomic mass is 10.0. The van der Waals surface area contributed by atoms with Crippen molar-refractivity contribution in [1.82, 2.24) is 4.90 Å². The highest BCUT2D eigenvalue weighted by Crippen LogP contribution is 2.21. The fourth-order valence-electron chi connectivity index (χ4n) is 1.99. The molecule has 0 spiro atoms. The van der Waals surface area contributed by atoms with Gasteiger partial charge in [-0.1, -0.05) is 0 Å². The molecule has 1 rings (SSSR count). The monoisotopic (exact) mass is 279 g/mol. The molecule has 0 aliphatic carbocycles. The lowest BCUT2D eigenvalue weighted by Crippen LogP contribution is -2.34. The third-order valence-corrected chi connectivity index (χ3v) is 3.13. The maximum Gasteiger partial charge on any atom is 0.227 e. The first-order valence-electron chi connectivity index (χ1n) is 6.60. The number of nitrogens with zero attached hydrogens (tertiary/aromatic N) is 1. The van der Waals surface area contributed by atoms with Gasteiger partial charge < -0.3 is 14.7 Å². The summed E-state index contributed by atoms with van der Waals surface area (Å²) >= 11 is 0. The highest BCUT2D eigenvalue weighted by atomic mass is 16.5. The Bertz CT molecular complexity index is 485. The number of Topliss-reactive ketones (excluding diaryl/α,β-unsaturated/α-hetero) is 1. The number of methoxy groups -OCH3 is 1. The average Bonchev–Trinajstić information content (AvgIpc) is 2.44. The predicted molar refractivity (Wildman–Crippen MR) is 76.0 cm³/mol. The summed E-state index contributed by atoms with van der Waals surface area (Å²) in [5.74, 6) is 0.438. The molecule has 5 heteroatoms. The van der Waals surface area contributed by atoms with Crippen LogP contribution in [0, 0.1) is 0 Å². The topological polar surface area (TPSA) is 66.8 Å². The van der Waals surface area contributed by atoms with E-state index in [1.807, 2.05) is 6.92 Å². The first-order valence-corrected chi connectivity index (χ1v) is 6.60.